The Hall–Kier alpha value is -1.59. The molecule has 6 nitrogen and oxygen atoms in total. The van der Waals surface area contributed by atoms with Crippen LogP contribution in [0, 0.1) is 5.92 Å². The first kappa shape index (κ1) is 67.4. The average molecular weight is 976 g/mol. The van der Waals surface area contributed by atoms with Gasteiger partial charge in [-0.05, 0) is 25.2 Å². The summed E-state index contributed by atoms with van der Waals surface area (Å²) in [5, 5.41) is 0. The van der Waals surface area contributed by atoms with Gasteiger partial charge in [-0.15, -0.1) is 0 Å². The van der Waals surface area contributed by atoms with Gasteiger partial charge < -0.3 is 14.2 Å². The minimum atomic E-state index is -0.762. The van der Waals surface area contributed by atoms with E-state index in [2.05, 4.69) is 27.7 Å². The molecule has 6 heteroatoms. The molecule has 0 saturated heterocycles. The van der Waals surface area contributed by atoms with Crippen molar-refractivity contribution in [2.75, 3.05) is 13.2 Å². The Kier molecular flexibility index (Phi) is 56.0. The van der Waals surface area contributed by atoms with E-state index >= 15 is 0 Å². The number of esters is 3. The van der Waals surface area contributed by atoms with Gasteiger partial charge in [-0.25, -0.2) is 0 Å². The second-order valence-corrected chi connectivity index (χ2v) is 22.2. The van der Waals surface area contributed by atoms with Crippen LogP contribution in [-0.2, 0) is 28.6 Å². The molecule has 0 N–H and O–H groups in total. The largest absolute Gasteiger partial charge is 0.462 e. The minimum Gasteiger partial charge on any atom is -0.462 e. The lowest BCUT2D eigenvalue weighted by Crippen LogP contribution is -2.30. The van der Waals surface area contributed by atoms with E-state index in [4.69, 9.17) is 14.2 Å². The standard InChI is InChI=1S/C63H122O6/c1-5-7-9-11-13-15-17-18-19-20-21-25-28-31-35-39-43-47-51-55-62(65)68-58-60(57-67-61(64)54-50-46-42-38-33-16-14-12-10-8-6-2)69-63(66)56-52-48-44-40-36-32-29-26-23-22-24-27-30-34-37-41-45-49-53-59(3)4/h59-60H,5-58H2,1-4H3/t60-/m1/s1. The summed E-state index contributed by atoms with van der Waals surface area (Å²) in [5.41, 5.74) is 0. The van der Waals surface area contributed by atoms with Gasteiger partial charge in [-0.2, -0.15) is 0 Å². The normalized spacial score (nSPS) is 12.0. The SMILES string of the molecule is CCCCCCCCCCCCCCCCCCCCCC(=O)OC[C@@H](COC(=O)CCCCCCCCCCCCC)OC(=O)CCCCCCCCCCCCCCCCCCCCC(C)C. The maximum absolute atomic E-state index is 12.9. The van der Waals surface area contributed by atoms with Crippen molar-refractivity contribution in [1.82, 2.24) is 0 Å². The summed E-state index contributed by atoms with van der Waals surface area (Å²) < 4.78 is 16.9. The third-order valence-corrected chi connectivity index (χ3v) is 14.5. The number of carbonyl (C=O) groups is 3. The van der Waals surface area contributed by atoms with Gasteiger partial charge in [-0.1, -0.05) is 323 Å². The maximum Gasteiger partial charge on any atom is 0.306 e. The van der Waals surface area contributed by atoms with E-state index in [-0.39, 0.29) is 31.1 Å². The fourth-order valence-corrected chi connectivity index (χ4v) is 9.81. The molecular formula is C63H122O6. The molecule has 0 unspecified atom stereocenters. The lowest BCUT2D eigenvalue weighted by molar-refractivity contribution is -0.167. The number of hydrogen-bond donors (Lipinski definition) is 0. The van der Waals surface area contributed by atoms with Gasteiger partial charge in [0.1, 0.15) is 13.2 Å². The van der Waals surface area contributed by atoms with Crippen LogP contribution in [0.4, 0.5) is 0 Å². The Morgan fingerprint density at radius 3 is 0.710 bits per heavy atom. The lowest BCUT2D eigenvalue weighted by Gasteiger charge is -2.18. The zero-order valence-corrected chi connectivity index (χ0v) is 47.3. The smallest absolute Gasteiger partial charge is 0.306 e. The Balaban J connectivity index is 4.21. The molecule has 0 amide bonds. The van der Waals surface area contributed by atoms with Crippen LogP contribution in [0.2, 0.25) is 0 Å². The third-order valence-electron chi connectivity index (χ3n) is 14.5. The van der Waals surface area contributed by atoms with Crippen LogP contribution in [0.1, 0.15) is 362 Å². The number of carbonyl (C=O) groups excluding carboxylic acids is 3. The Morgan fingerprint density at radius 2 is 0.478 bits per heavy atom. The van der Waals surface area contributed by atoms with E-state index in [1.165, 1.54) is 257 Å². The zero-order valence-electron chi connectivity index (χ0n) is 47.3. The summed E-state index contributed by atoms with van der Waals surface area (Å²) in [6, 6.07) is 0. The summed E-state index contributed by atoms with van der Waals surface area (Å²) in [4.78, 5) is 38.2. The van der Waals surface area contributed by atoms with Crippen LogP contribution in [0.25, 0.3) is 0 Å². The van der Waals surface area contributed by atoms with Gasteiger partial charge in [0.2, 0.25) is 0 Å². The number of rotatable bonds is 58. The molecule has 1 atom stereocenters. The highest BCUT2D eigenvalue weighted by atomic mass is 16.6. The molecule has 0 aromatic carbocycles. The first-order chi connectivity index (χ1) is 33.9. The maximum atomic E-state index is 12.9. The Labute approximate surface area is 431 Å². The molecule has 69 heavy (non-hydrogen) atoms. The van der Waals surface area contributed by atoms with Crippen molar-refractivity contribution in [2.45, 2.75) is 368 Å². The molecule has 0 rings (SSSR count). The Morgan fingerprint density at radius 1 is 0.275 bits per heavy atom. The topological polar surface area (TPSA) is 78.9 Å². The van der Waals surface area contributed by atoms with Crippen LogP contribution in [0.3, 0.4) is 0 Å². The molecule has 0 saturated carbocycles. The predicted octanol–water partition coefficient (Wildman–Crippen LogP) is 21.0. The highest BCUT2D eigenvalue weighted by molar-refractivity contribution is 5.71. The van der Waals surface area contributed by atoms with Crippen molar-refractivity contribution < 1.29 is 28.6 Å². The van der Waals surface area contributed by atoms with E-state index in [0.29, 0.717) is 19.3 Å². The monoisotopic (exact) mass is 975 g/mol. The van der Waals surface area contributed by atoms with Gasteiger partial charge in [0, 0.05) is 19.3 Å². The number of ether oxygens (including phenoxy) is 3. The molecule has 0 aromatic rings. The third kappa shape index (κ3) is 57.2. The fourth-order valence-electron chi connectivity index (χ4n) is 9.81. The fraction of sp³-hybridized carbons (Fsp3) is 0.952. The van der Waals surface area contributed by atoms with Crippen LogP contribution in [0.5, 0.6) is 0 Å². The molecule has 0 heterocycles. The highest BCUT2D eigenvalue weighted by Crippen LogP contribution is 2.19. The summed E-state index contributed by atoms with van der Waals surface area (Å²) >= 11 is 0. The predicted molar refractivity (Wildman–Crippen MR) is 298 cm³/mol. The van der Waals surface area contributed by atoms with Crippen molar-refractivity contribution in [3.8, 4) is 0 Å². The zero-order chi connectivity index (χ0) is 50.2. The van der Waals surface area contributed by atoms with Crippen LogP contribution >= 0.6 is 0 Å². The van der Waals surface area contributed by atoms with Crippen LogP contribution in [-0.4, -0.2) is 37.2 Å². The van der Waals surface area contributed by atoms with E-state index in [9.17, 15) is 14.4 Å². The van der Waals surface area contributed by atoms with E-state index in [1.807, 2.05) is 0 Å². The van der Waals surface area contributed by atoms with Gasteiger partial charge in [0.15, 0.2) is 6.10 Å². The molecule has 0 aliphatic rings. The van der Waals surface area contributed by atoms with Gasteiger partial charge in [0.25, 0.3) is 0 Å². The first-order valence-corrected chi connectivity index (χ1v) is 31.4. The summed E-state index contributed by atoms with van der Waals surface area (Å²) in [7, 11) is 0. The molecule has 0 aliphatic heterocycles. The van der Waals surface area contributed by atoms with Crippen molar-refractivity contribution >= 4 is 17.9 Å². The van der Waals surface area contributed by atoms with Crippen LogP contribution < -0.4 is 0 Å². The second kappa shape index (κ2) is 57.3. The first-order valence-electron chi connectivity index (χ1n) is 31.4. The lowest BCUT2D eigenvalue weighted by atomic mass is 10.0. The molecule has 0 radical (unpaired) electrons. The molecule has 0 aliphatic carbocycles. The van der Waals surface area contributed by atoms with Crippen LogP contribution in [0.15, 0.2) is 0 Å². The average Bonchev–Trinajstić information content (AvgIpc) is 3.34. The summed E-state index contributed by atoms with van der Waals surface area (Å²) in [6.07, 6.45) is 63.9. The van der Waals surface area contributed by atoms with Crippen molar-refractivity contribution in [2.24, 2.45) is 5.92 Å². The molecule has 410 valence electrons. The number of unbranched alkanes of at least 4 members (excludes halogenated alkanes) is 45. The van der Waals surface area contributed by atoms with Gasteiger partial charge in [0.05, 0.1) is 0 Å². The van der Waals surface area contributed by atoms with Gasteiger partial charge in [-0.3, -0.25) is 14.4 Å². The van der Waals surface area contributed by atoms with E-state index in [1.54, 1.807) is 0 Å². The number of hydrogen-bond acceptors (Lipinski definition) is 6. The highest BCUT2D eigenvalue weighted by Gasteiger charge is 2.19. The molecule has 0 spiro atoms. The second-order valence-electron chi connectivity index (χ2n) is 22.2. The van der Waals surface area contributed by atoms with E-state index in [0.717, 1.165) is 63.7 Å². The molecule has 0 aromatic heterocycles. The molecule has 0 bridgehead atoms. The minimum absolute atomic E-state index is 0.0613. The Bertz CT molecular complexity index is 1040. The van der Waals surface area contributed by atoms with Crippen molar-refractivity contribution in [3.63, 3.8) is 0 Å². The van der Waals surface area contributed by atoms with E-state index < -0.39 is 6.10 Å². The molecular weight excluding hydrogens is 853 g/mol. The quantitative estimate of drug-likeness (QED) is 0.0343. The van der Waals surface area contributed by atoms with Gasteiger partial charge >= 0.3 is 17.9 Å². The van der Waals surface area contributed by atoms with Crippen molar-refractivity contribution in [3.05, 3.63) is 0 Å². The summed E-state index contributed by atoms with van der Waals surface area (Å²) in [5.74, 6) is 0.0275. The summed E-state index contributed by atoms with van der Waals surface area (Å²) in [6.45, 7) is 9.09. The van der Waals surface area contributed by atoms with Crippen molar-refractivity contribution in [1.29, 1.82) is 0 Å². The molecule has 0 fully saturated rings.